The number of fused-ring (bicyclic) bond motifs is 1. The molecule has 0 aromatic carbocycles. The van der Waals surface area contributed by atoms with Crippen molar-refractivity contribution in [2.24, 2.45) is 5.92 Å². The Morgan fingerprint density at radius 2 is 2.21 bits per heavy atom. The highest BCUT2D eigenvalue weighted by Crippen LogP contribution is 2.39. The molecule has 1 aliphatic heterocycles. The predicted octanol–water partition coefficient (Wildman–Crippen LogP) is 4.17. The lowest BCUT2D eigenvalue weighted by Gasteiger charge is -2.30. The van der Waals surface area contributed by atoms with E-state index in [9.17, 15) is 4.79 Å². The van der Waals surface area contributed by atoms with Crippen molar-refractivity contribution in [3.63, 3.8) is 0 Å². The van der Waals surface area contributed by atoms with Gasteiger partial charge in [0.1, 0.15) is 0 Å². The molecule has 1 saturated heterocycles. The minimum absolute atomic E-state index is 0.0528. The molecule has 0 spiro atoms. The average molecular weight is 459 g/mol. The minimum atomic E-state index is -0.0637. The van der Waals surface area contributed by atoms with Crippen LogP contribution < -0.4 is 10.6 Å². The van der Waals surface area contributed by atoms with Crippen molar-refractivity contribution in [1.29, 1.82) is 0 Å². The molecule has 1 atom stereocenters. The molecule has 2 fully saturated rings. The number of carbonyl (C=O) groups is 1. The topological polar surface area (TPSA) is 84.2 Å². The van der Waals surface area contributed by atoms with Gasteiger partial charge in [-0.05, 0) is 61.4 Å². The van der Waals surface area contributed by atoms with Crippen molar-refractivity contribution >= 4 is 22.9 Å². The monoisotopic (exact) mass is 458 g/mol. The van der Waals surface area contributed by atoms with Crippen molar-refractivity contribution in [2.75, 3.05) is 13.1 Å². The molecule has 7 nitrogen and oxygen atoms in total. The molecular formula is C25H26N6OS. The van der Waals surface area contributed by atoms with Crippen LogP contribution in [0.3, 0.4) is 0 Å². The Kier molecular flexibility index (Phi) is 5.19. The minimum Gasteiger partial charge on any atom is -0.350 e. The zero-order valence-electron chi connectivity index (χ0n) is 18.3. The lowest BCUT2D eigenvalue weighted by molar-refractivity contribution is 0.0938. The van der Waals surface area contributed by atoms with Gasteiger partial charge in [0.05, 0.1) is 28.0 Å². The highest BCUT2D eigenvalue weighted by atomic mass is 32.1. The van der Waals surface area contributed by atoms with Gasteiger partial charge < -0.3 is 10.6 Å². The third-order valence-corrected chi connectivity index (χ3v) is 7.63. The van der Waals surface area contributed by atoms with Gasteiger partial charge in [-0.25, -0.2) is 9.50 Å². The van der Waals surface area contributed by atoms with E-state index < -0.39 is 0 Å². The zero-order valence-corrected chi connectivity index (χ0v) is 19.1. The molecule has 33 heavy (non-hydrogen) atoms. The second-order valence-corrected chi connectivity index (χ2v) is 10.1. The number of hydrogen-bond acceptors (Lipinski definition) is 6. The quantitative estimate of drug-likeness (QED) is 0.434. The molecule has 4 aromatic heterocycles. The van der Waals surface area contributed by atoms with Crippen LogP contribution in [0.5, 0.6) is 0 Å². The van der Waals surface area contributed by atoms with Crippen LogP contribution in [0.2, 0.25) is 0 Å². The Balaban J connectivity index is 1.24. The van der Waals surface area contributed by atoms with E-state index in [0.717, 1.165) is 47.1 Å². The van der Waals surface area contributed by atoms with E-state index in [-0.39, 0.29) is 11.4 Å². The molecule has 6 rings (SSSR count). The summed E-state index contributed by atoms with van der Waals surface area (Å²) in [7, 11) is 0. The molecule has 4 aromatic rings. The standard InChI is InChI=1S/C25H26N6OS/c32-24(27-16-25(8-2-9-28-25)14-17-4-5-17)18-6-10-26-21(13-18)19-15-29-31-11-7-20(30-23(19)31)22-3-1-12-33-22/h1,3,6-7,10-13,15,17,28H,2,4-5,8-9,14,16H2,(H,27,32). The average Bonchev–Trinajstić information content (AvgIpc) is 3.26. The molecule has 0 radical (unpaired) electrons. The van der Waals surface area contributed by atoms with E-state index in [1.807, 2.05) is 29.8 Å². The second kappa shape index (κ2) is 8.35. The number of amides is 1. The Morgan fingerprint density at radius 1 is 1.27 bits per heavy atom. The molecular weight excluding hydrogens is 432 g/mol. The second-order valence-electron chi connectivity index (χ2n) is 9.19. The Morgan fingerprint density at radius 3 is 3.00 bits per heavy atom. The molecule has 5 heterocycles. The summed E-state index contributed by atoms with van der Waals surface area (Å²) in [5.74, 6) is 0.758. The summed E-state index contributed by atoms with van der Waals surface area (Å²) in [6.07, 6.45) is 11.5. The van der Waals surface area contributed by atoms with Gasteiger partial charge in [-0.1, -0.05) is 18.9 Å². The molecule has 1 amide bonds. The van der Waals surface area contributed by atoms with Gasteiger partial charge >= 0.3 is 0 Å². The van der Waals surface area contributed by atoms with Crippen molar-refractivity contribution in [3.8, 4) is 21.8 Å². The molecule has 168 valence electrons. The van der Waals surface area contributed by atoms with Crippen molar-refractivity contribution in [1.82, 2.24) is 30.2 Å². The van der Waals surface area contributed by atoms with Gasteiger partial charge in [-0.2, -0.15) is 5.10 Å². The van der Waals surface area contributed by atoms with E-state index in [1.54, 1.807) is 34.3 Å². The Bertz CT molecular complexity index is 1290. The highest BCUT2D eigenvalue weighted by Gasteiger charge is 2.39. The highest BCUT2D eigenvalue weighted by molar-refractivity contribution is 7.13. The summed E-state index contributed by atoms with van der Waals surface area (Å²) in [5.41, 5.74) is 3.79. The third-order valence-electron chi connectivity index (χ3n) is 6.74. The number of aromatic nitrogens is 4. The van der Waals surface area contributed by atoms with Crippen LogP contribution in [0.25, 0.3) is 27.5 Å². The number of hydrogen-bond donors (Lipinski definition) is 2. The van der Waals surface area contributed by atoms with E-state index in [2.05, 4.69) is 26.8 Å². The number of nitrogens with one attached hydrogen (secondary N) is 2. The van der Waals surface area contributed by atoms with Crippen molar-refractivity contribution in [2.45, 2.75) is 37.6 Å². The molecule has 1 aliphatic carbocycles. The van der Waals surface area contributed by atoms with Crippen LogP contribution in [0.1, 0.15) is 42.5 Å². The fourth-order valence-electron chi connectivity index (χ4n) is 4.82. The van der Waals surface area contributed by atoms with E-state index >= 15 is 0 Å². The van der Waals surface area contributed by atoms with Crippen molar-refractivity contribution < 1.29 is 4.79 Å². The molecule has 2 aliphatic rings. The summed E-state index contributed by atoms with van der Waals surface area (Å²) in [6.45, 7) is 1.71. The number of pyridine rings is 1. The fraction of sp³-hybridized carbons (Fsp3) is 0.360. The van der Waals surface area contributed by atoms with E-state index in [1.165, 1.54) is 19.3 Å². The summed E-state index contributed by atoms with van der Waals surface area (Å²) in [6, 6.07) is 9.63. The van der Waals surface area contributed by atoms with E-state index in [4.69, 9.17) is 4.98 Å². The largest absolute Gasteiger partial charge is 0.350 e. The maximum atomic E-state index is 13.0. The Labute approximate surface area is 196 Å². The molecule has 1 unspecified atom stereocenters. The van der Waals surface area contributed by atoms with Crippen LogP contribution in [0.15, 0.2) is 54.3 Å². The maximum Gasteiger partial charge on any atom is 0.251 e. The maximum absolute atomic E-state index is 13.0. The number of rotatable bonds is 7. The van der Waals surface area contributed by atoms with E-state index in [0.29, 0.717) is 17.8 Å². The first-order valence-electron chi connectivity index (χ1n) is 11.6. The first-order chi connectivity index (χ1) is 16.2. The number of carbonyl (C=O) groups excluding carboxylic acids is 1. The van der Waals surface area contributed by atoms with Crippen LogP contribution in [-0.2, 0) is 0 Å². The van der Waals surface area contributed by atoms with Crippen LogP contribution >= 0.6 is 11.3 Å². The SMILES string of the molecule is O=C(NCC1(CC2CC2)CCCN1)c1ccnc(-c2cnn3ccc(-c4cccs4)nc23)c1. The number of thiophene rings is 1. The normalized spacial score (nSPS) is 20.4. The zero-order chi connectivity index (χ0) is 22.3. The lowest BCUT2D eigenvalue weighted by atomic mass is 9.90. The van der Waals surface area contributed by atoms with Gasteiger partial charge in [-0.15, -0.1) is 11.3 Å². The first kappa shape index (κ1) is 20.5. The van der Waals surface area contributed by atoms with Gasteiger partial charge in [0, 0.05) is 30.0 Å². The van der Waals surface area contributed by atoms with Gasteiger partial charge in [0.2, 0.25) is 0 Å². The lowest BCUT2D eigenvalue weighted by Crippen LogP contribution is -2.50. The van der Waals surface area contributed by atoms with Gasteiger partial charge in [0.25, 0.3) is 5.91 Å². The van der Waals surface area contributed by atoms with Crippen LogP contribution in [0.4, 0.5) is 0 Å². The summed E-state index contributed by atoms with van der Waals surface area (Å²) < 4.78 is 1.74. The smallest absolute Gasteiger partial charge is 0.251 e. The Hall–Kier alpha value is -3.10. The third kappa shape index (κ3) is 4.16. The number of nitrogens with zero attached hydrogens (tertiary/aromatic N) is 4. The van der Waals surface area contributed by atoms with Gasteiger partial charge in [0.15, 0.2) is 5.65 Å². The predicted molar refractivity (Wildman–Crippen MR) is 129 cm³/mol. The summed E-state index contributed by atoms with van der Waals surface area (Å²) in [4.78, 5) is 23.5. The first-order valence-corrected chi connectivity index (χ1v) is 12.5. The molecule has 0 bridgehead atoms. The molecule has 1 saturated carbocycles. The molecule has 2 N–H and O–H groups in total. The fourth-order valence-corrected chi connectivity index (χ4v) is 5.52. The summed E-state index contributed by atoms with van der Waals surface area (Å²) >= 11 is 1.65. The van der Waals surface area contributed by atoms with Crippen LogP contribution in [0, 0.1) is 5.92 Å². The summed E-state index contributed by atoms with van der Waals surface area (Å²) in [5, 5.41) is 13.3. The molecule has 8 heteroatoms. The van der Waals surface area contributed by atoms with Gasteiger partial charge in [-0.3, -0.25) is 9.78 Å². The van der Waals surface area contributed by atoms with Crippen molar-refractivity contribution in [3.05, 3.63) is 59.9 Å². The van der Waals surface area contributed by atoms with Crippen LogP contribution in [-0.4, -0.2) is 44.1 Å².